The average Bonchev–Trinajstić information content (AvgIpc) is 2.94. The lowest BCUT2D eigenvalue weighted by molar-refractivity contribution is -0.139. The van der Waals surface area contributed by atoms with Crippen molar-refractivity contribution in [3.05, 3.63) is 90.0 Å². The van der Waals surface area contributed by atoms with E-state index in [4.69, 9.17) is 4.74 Å². The third-order valence-corrected chi connectivity index (χ3v) is 8.29. The highest BCUT2D eigenvalue weighted by atomic mass is 32.2. The Morgan fingerprint density at radius 2 is 1.52 bits per heavy atom. The number of rotatable bonds is 13. The molecule has 1 N–H and O–H groups in total. The Balaban J connectivity index is 1.99. The minimum Gasteiger partial charge on any atom is -0.494 e. The van der Waals surface area contributed by atoms with Gasteiger partial charge in [0.2, 0.25) is 11.8 Å². The highest BCUT2D eigenvalue weighted by Crippen LogP contribution is 2.26. The largest absolute Gasteiger partial charge is 0.494 e. The van der Waals surface area contributed by atoms with Crippen LogP contribution in [0.5, 0.6) is 5.75 Å². The zero-order valence-electron chi connectivity index (χ0n) is 23.8. The van der Waals surface area contributed by atoms with Crippen molar-refractivity contribution in [3.63, 3.8) is 0 Å². The van der Waals surface area contributed by atoms with Crippen molar-refractivity contribution < 1.29 is 22.7 Å². The molecular weight excluding hydrogens is 526 g/mol. The number of nitrogens with one attached hydrogen (secondary N) is 1. The molecule has 0 radical (unpaired) electrons. The standard InChI is InChI=1S/C31H39N3O5S/c1-6-39-28-16-18-29(19-17-28)40(37,38)34(27-14-8-7-9-15-27)22-30(35)33(21-26-13-11-10-12-24(26)4)25(5)31(36)32-20-23(2)3/h7-19,23,25H,6,20-22H2,1-5H3,(H,32,36). The summed E-state index contributed by atoms with van der Waals surface area (Å²) in [6, 6.07) is 21.4. The molecule has 3 aromatic carbocycles. The smallest absolute Gasteiger partial charge is 0.264 e. The molecule has 2 amide bonds. The molecule has 8 nitrogen and oxygen atoms in total. The van der Waals surface area contributed by atoms with E-state index in [1.165, 1.54) is 17.0 Å². The molecule has 9 heteroatoms. The summed E-state index contributed by atoms with van der Waals surface area (Å²) >= 11 is 0. The molecule has 0 heterocycles. The first-order valence-corrected chi connectivity index (χ1v) is 14.9. The van der Waals surface area contributed by atoms with E-state index in [-0.39, 0.29) is 23.3 Å². The first-order chi connectivity index (χ1) is 19.0. The van der Waals surface area contributed by atoms with Crippen LogP contribution >= 0.6 is 0 Å². The summed E-state index contributed by atoms with van der Waals surface area (Å²) in [7, 11) is -4.13. The van der Waals surface area contributed by atoms with Gasteiger partial charge in [0.1, 0.15) is 18.3 Å². The summed E-state index contributed by atoms with van der Waals surface area (Å²) in [6.07, 6.45) is 0. The quantitative estimate of drug-likeness (QED) is 0.322. The first-order valence-electron chi connectivity index (χ1n) is 13.5. The number of hydrogen-bond donors (Lipinski definition) is 1. The van der Waals surface area contributed by atoms with Gasteiger partial charge >= 0.3 is 0 Å². The van der Waals surface area contributed by atoms with Gasteiger partial charge in [-0.1, -0.05) is 56.3 Å². The van der Waals surface area contributed by atoms with E-state index in [9.17, 15) is 18.0 Å². The Hall–Kier alpha value is -3.85. The van der Waals surface area contributed by atoms with Gasteiger partial charge in [-0.3, -0.25) is 13.9 Å². The SMILES string of the molecule is CCOc1ccc(S(=O)(=O)N(CC(=O)N(Cc2ccccc2C)C(C)C(=O)NCC(C)C)c2ccccc2)cc1. The summed E-state index contributed by atoms with van der Waals surface area (Å²) < 4.78 is 34.3. The van der Waals surface area contributed by atoms with Crippen molar-refractivity contribution in [1.29, 1.82) is 0 Å². The molecule has 3 aromatic rings. The fourth-order valence-corrected chi connectivity index (χ4v) is 5.54. The van der Waals surface area contributed by atoms with E-state index in [2.05, 4.69) is 5.32 Å². The molecule has 1 unspecified atom stereocenters. The lowest BCUT2D eigenvalue weighted by atomic mass is 10.1. The molecule has 214 valence electrons. The van der Waals surface area contributed by atoms with Crippen LogP contribution in [0.4, 0.5) is 5.69 Å². The highest BCUT2D eigenvalue weighted by Gasteiger charge is 2.32. The van der Waals surface area contributed by atoms with Gasteiger partial charge < -0.3 is 15.0 Å². The van der Waals surface area contributed by atoms with Crippen molar-refractivity contribution >= 4 is 27.5 Å². The van der Waals surface area contributed by atoms with E-state index in [0.29, 0.717) is 24.6 Å². The van der Waals surface area contributed by atoms with Crippen LogP contribution in [-0.2, 0) is 26.2 Å². The minimum absolute atomic E-state index is 0.0285. The second-order valence-electron chi connectivity index (χ2n) is 10.0. The third-order valence-electron chi connectivity index (χ3n) is 6.50. The van der Waals surface area contributed by atoms with Crippen LogP contribution < -0.4 is 14.4 Å². The molecule has 0 aliphatic carbocycles. The molecule has 3 rings (SSSR count). The number of hydrogen-bond acceptors (Lipinski definition) is 5. The third kappa shape index (κ3) is 7.85. The topological polar surface area (TPSA) is 96.0 Å². The summed E-state index contributed by atoms with van der Waals surface area (Å²) in [5, 5.41) is 2.90. The summed E-state index contributed by atoms with van der Waals surface area (Å²) in [5.41, 5.74) is 2.19. The molecular formula is C31H39N3O5S. The number of benzene rings is 3. The molecule has 0 aliphatic heterocycles. The summed E-state index contributed by atoms with van der Waals surface area (Å²) in [6.45, 7) is 10.0. The normalized spacial score (nSPS) is 12.1. The van der Waals surface area contributed by atoms with Gasteiger partial charge in [0, 0.05) is 13.1 Å². The van der Waals surface area contributed by atoms with Gasteiger partial charge in [0.15, 0.2) is 0 Å². The second-order valence-corrected chi connectivity index (χ2v) is 11.9. The van der Waals surface area contributed by atoms with Crippen LogP contribution in [-0.4, -0.2) is 50.9 Å². The number of carbonyl (C=O) groups is 2. The monoisotopic (exact) mass is 565 g/mol. The van der Waals surface area contributed by atoms with Crippen molar-refractivity contribution in [1.82, 2.24) is 10.2 Å². The zero-order chi connectivity index (χ0) is 29.3. The molecule has 0 spiro atoms. The van der Waals surface area contributed by atoms with Crippen molar-refractivity contribution in [2.24, 2.45) is 5.92 Å². The minimum atomic E-state index is -4.13. The van der Waals surface area contributed by atoms with E-state index in [1.54, 1.807) is 49.4 Å². The Labute approximate surface area is 238 Å². The molecule has 0 saturated heterocycles. The number of aryl methyl sites for hydroxylation is 1. The fourth-order valence-electron chi connectivity index (χ4n) is 4.13. The van der Waals surface area contributed by atoms with Gasteiger partial charge in [-0.05, 0) is 74.2 Å². The number of anilines is 1. The molecule has 0 bridgehead atoms. The van der Waals surface area contributed by atoms with Gasteiger partial charge in [-0.15, -0.1) is 0 Å². The predicted octanol–water partition coefficient (Wildman–Crippen LogP) is 4.78. The van der Waals surface area contributed by atoms with Gasteiger partial charge in [0.25, 0.3) is 10.0 Å². The van der Waals surface area contributed by atoms with Crippen molar-refractivity contribution in [3.8, 4) is 5.75 Å². The van der Waals surface area contributed by atoms with Crippen LogP contribution in [0.15, 0.2) is 83.8 Å². The molecule has 0 aromatic heterocycles. The van der Waals surface area contributed by atoms with Gasteiger partial charge in [-0.25, -0.2) is 8.42 Å². The van der Waals surface area contributed by atoms with E-state index >= 15 is 0 Å². The number of para-hydroxylation sites is 1. The molecule has 0 saturated carbocycles. The maximum absolute atomic E-state index is 14.0. The first kappa shape index (κ1) is 30.7. The van der Waals surface area contributed by atoms with Gasteiger partial charge in [-0.2, -0.15) is 0 Å². The molecule has 40 heavy (non-hydrogen) atoms. The Morgan fingerprint density at radius 3 is 2.12 bits per heavy atom. The Morgan fingerprint density at radius 1 is 0.900 bits per heavy atom. The average molecular weight is 566 g/mol. The number of carbonyl (C=O) groups excluding carboxylic acids is 2. The molecule has 1 atom stereocenters. The number of ether oxygens (including phenoxy) is 1. The van der Waals surface area contributed by atoms with Crippen LogP contribution in [0, 0.1) is 12.8 Å². The Bertz CT molecular complexity index is 1380. The van der Waals surface area contributed by atoms with Crippen LogP contribution in [0.3, 0.4) is 0 Å². The van der Waals surface area contributed by atoms with E-state index in [0.717, 1.165) is 15.4 Å². The number of nitrogens with zero attached hydrogens (tertiary/aromatic N) is 2. The maximum atomic E-state index is 14.0. The molecule has 0 aliphatic rings. The van der Waals surface area contributed by atoms with Crippen molar-refractivity contribution in [2.45, 2.75) is 52.1 Å². The van der Waals surface area contributed by atoms with Crippen LogP contribution in [0.2, 0.25) is 0 Å². The zero-order valence-corrected chi connectivity index (χ0v) is 24.6. The Kier molecular flexibility index (Phi) is 10.7. The van der Waals surface area contributed by atoms with E-state index in [1.807, 2.05) is 52.0 Å². The van der Waals surface area contributed by atoms with Crippen LogP contribution in [0.25, 0.3) is 0 Å². The van der Waals surface area contributed by atoms with E-state index < -0.39 is 28.5 Å². The predicted molar refractivity (Wildman–Crippen MR) is 158 cm³/mol. The highest BCUT2D eigenvalue weighted by molar-refractivity contribution is 7.92. The number of sulfonamides is 1. The molecule has 0 fully saturated rings. The second kappa shape index (κ2) is 14.0. The summed E-state index contributed by atoms with van der Waals surface area (Å²) in [4.78, 5) is 28.5. The lowest BCUT2D eigenvalue weighted by Gasteiger charge is -2.32. The number of amides is 2. The lowest BCUT2D eigenvalue weighted by Crippen LogP contribution is -2.51. The summed E-state index contributed by atoms with van der Waals surface area (Å²) in [5.74, 6) is 0.00371. The van der Waals surface area contributed by atoms with Gasteiger partial charge in [0.05, 0.1) is 17.2 Å². The maximum Gasteiger partial charge on any atom is 0.264 e. The van der Waals surface area contributed by atoms with Crippen molar-refractivity contribution in [2.75, 3.05) is 24.0 Å². The van der Waals surface area contributed by atoms with Crippen LogP contribution in [0.1, 0.15) is 38.8 Å². The fraction of sp³-hybridized carbons (Fsp3) is 0.355.